The Morgan fingerprint density at radius 3 is 2.55 bits per heavy atom. The molecule has 0 fully saturated rings. The summed E-state index contributed by atoms with van der Waals surface area (Å²) in [6.45, 7) is 0.981. The largest absolute Gasteiger partial charge is 0.469 e. The first kappa shape index (κ1) is 16.2. The van der Waals surface area contributed by atoms with Gasteiger partial charge in [0.2, 0.25) is 5.91 Å². The average Bonchev–Trinajstić information content (AvgIpc) is 2.47. The number of ether oxygens (including phenoxy) is 2. The van der Waals surface area contributed by atoms with E-state index in [1.807, 2.05) is 30.3 Å². The second kappa shape index (κ2) is 9.09. The second-order valence-electron chi connectivity index (χ2n) is 4.47. The Hall–Kier alpha value is -1.88. The molecule has 20 heavy (non-hydrogen) atoms. The summed E-state index contributed by atoms with van der Waals surface area (Å²) >= 11 is 0. The molecule has 0 aliphatic carbocycles. The third-order valence-electron chi connectivity index (χ3n) is 2.86. The molecule has 0 radical (unpaired) electrons. The van der Waals surface area contributed by atoms with E-state index in [9.17, 15) is 9.59 Å². The molecule has 1 aromatic carbocycles. The molecule has 0 saturated heterocycles. The Morgan fingerprint density at radius 2 is 1.90 bits per heavy atom. The highest BCUT2D eigenvalue weighted by atomic mass is 16.5. The molecule has 0 atom stereocenters. The van der Waals surface area contributed by atoms with Gasteiger partial charge in [0.05, 0.1) is 13.7 Å². The molecule has 5 heteroatoms. The van der Waals surface area contributed by atoms with Crippen LogP contribution in [0, 0.1) is 0 Å². The first-order valence-corrected chi connectivity index (χ1v) is 6.56. The maximum Gasteiger partial charge on any atom is 0.305 e. The van der Waals surface area contributed by atoms with E-state index in [1.54, 1.807) is 11.9 Å². The lowest BCUT2D eigenvalue weighted by Crippen LogP contribution is -2.31. The smallest absolute Gasteiger partial charge is 0.305 e. The fraction of sp³-hybridized carbons (Fsp3) is 0.467. The van der Waals surface area contributed by atoms with Gasteiger partial charge >= 0.3 is 5.97 Å². The van der Waals surface area contributed by atoms with Crippen LogP contribution in [0.15, 0.2) is 30.3 Å². The van der Waals surface area contributed by atoms with Crippen LogP contribution >= 0.6 is 0 Å². The summed E-state index contributed by atoms with van der Waals surface area (Å²) in [6.07, 6.45) is 0.909. The minimum atomic E-state index is -0.258. The van der Waals surface area contributed by atoms with Gasteiger partial charge < -0.3 is 14.4 Å². The second-order valence-corrected chi connectivity index (χ2v) is 4.47. The van der Waals surface area contributed by atoms with Gasteiger partial charge in [0, 0.05) is 20.0 Å². The van der Waals surface area contributed by atoms with Gasteiger partial charge in [0.25, 0.3) is 0 Å². The Morgan fingerprint density at radius 1 is 1.20 bits per heavy atom. The van der Waals surface area contributed by atoms with Gasteiger partial charge in [-0.1, -0.05) is 30.3 Å². The summed E-state index contributed by atoms with van der Waals surface area (Å²) in [7, 11) is 3.06. The van der Waals surface area contributed by atoms with Crippen molar-refractivity contribution in [2.75, 3.05) is 27.3 Å². The SMILES string of the molecule is COC(=O)CCCN(C)C(=O)COCc1ccccc1. The van der Waals surface area contributed by atoms with E-state index in [2.05, 4.69) is 4.74 Å². The summed E-state index contributed by atoms with van der Waals surface area (Å²) in [6, 6.07) is 9.69. The van der Waals surface area contributed by atoms with Crippen molar-refractivity contribution in [2.45, 2.75) is 19.4 Å². The summed E-state index contributed by atoms with van der Waals surface area (Å²) < 4.78 is 9.91. The molecule has 0 heterocycles. The van der Waals surface area contributed by atoms with Crippen LogP contribution < -0.4 is 0 Å². The maximum absolute atomic E-state index is 11.8. The molecular formula is C15H21NO4. The zero-order chi connectivity index (χ0) is 14.8. The monoisotopic (exact) mass is 279 g/mol. The summed E-state index contributed by atoms with van der Waals surface area (Å²) in [5.74, 6) is -0.350. The van der Waals surface area contributed by atoms with Crippen molar-refractivity contribution in [3.05, 3.63) is 35.9 Å². The number of benzene rings is 1. The molecule has 0 aliphatic heterocycles. The number of esters is 1. The van der Waals surface area contributed by atoms with Crippen molar-refractivity contribution < 1.29 is 19.1 Å². The number of methoxy groups -OCH3 is 1. The fourth-order valence-electron chi connectivity index (χ4n) is 1.63. The van der Waals surface area contributed by atoms with Crippen molar-refractivity contribution >= 4 is 11.9 Å². The van der Waals surface area contributed by atoms with Crippen molar-refractivity contribution in [1.82, 2.24) is 4.90 Å². The van der Waals surface area contributed by atoms with E-state index in [4.69, 9.17) is 4.74 Å². The van der Waals surface area contributed by atoms with E-state index >= 15 is 0 Å². The van der Waals surface area contributed by atoms with Crippen LogP contribution in [0.5, 0.6) is 0 Å². The highest BCUT2D eigenvalue weighted by Crippen LogP contribution is 2.01. The Kier molecular flexibility index (Phi) is 7.35. The fourth-order valence-corrected chi connectivity index (χ4v) is 1.63. The van der Waals surface area contributed by atoms with E-state index in [0.717, 1.165) is 5.56 Å². The highest BCUT2D eigenvalue weighted by Gasteiger charge is 2.09. The van der Waals surface area contributed by atoms with Gasteiger partial charge in [0.15, 0.2) is 0 Å². The number of rotatable bonds is 8. The van der Waals surface area contributed by atoms with Crippen LogP contribution in [0.3, 0.4) is 0 Å². The molecule has 0 spiro atoms. The van der Waals surface area contributed by atoms with Gasteiger partial charge in [-0.15, -0.1) is 0 Å². The van der Waals surface area contributed by atoms with Crippen molar-refractivity contribution in [3.8, 4) is 0 Å². The third kappa shape index (κ3) is 6.33. The summed E-state index contributed by atoms with van der Waals surface area (Å²) in [5.41, 5.74) is 1.04. The third-order valence-corrected chi connectivity index (χ3v) is 2.86. The maximum atomic E-state index is 11.8. The zero-order valence-electron chi connectivity index (χ0n) is 12.0. The zero-order valence-corrected chi connectivity index (χ0v) is 12.0. The molecule has 1 aromatic rings. The molecule has 0 unspecified atom stereocenters. The molecule has 1 amide bonds. The van der Waals surface area contributed by atoms with Gasteiger partial charge in [-0.2, -0.15) is 0 Å². The molecule has 0 N–H and O–H groups in total. The molecule has 110 valence electrons. The number of hydrogen-bond donors (Lipinski definition) is 0. The van der Waals surface area contributed by atoms with Crippen LogP contribution in [0.4, 0.5) is 0 Å². The van der Waals surface area contributed by atoms with Gasteiger partial charge in [-0.3, -0.25) is 9.59 Å². The van der Waals surface area contributed by atoms with Crippen molar-refractivity contribution in [2.24, 2.45) is 0 Å². The highest BCUT2D eigenvalue weighted by molar-refractivity contribution is 5.77. The van der Waals surface area contributed by atoms with Gasteiger partial charge in [-0.25, -0.2) is 0 Å². The van der Waals surface area contributed by atoms with Crippen LogP contribution in [0.25, 0.3) is 0 Å². The number of likely N-dealkylation sites (N-methyl/N-ethyl adjacent to an activating group) is 1. The number of nitrogens with zero attached hydrogens (tertiary/aromatic N) is 1. The van der Waals surface area contributed by atoms with E-state index in [0.29, 0.717) is 26.0 Å². The van der Waals surface area contributed by atoms with Gasteiger partial charge in [-0.05, 0) is 12.0 Å². The molecule has 1 rings (SSSR count). The molecule has 0 aliphatic rings. The first-order valence-electron chi connectivity index (χ1n) is 6.56. The standard InChI is InChI=1S/C15H21NO4/c1-16(10-6-9-15(18)19-2)14(17)12-20-11-13-7-4-3-5-8-13/h3-5,7-8H,6,9-12H2,1-2H3. The molecular weight excluding hydrogens is 258 g/mol. The topological polar surface area (TPSA) is 55.8 Å². The van der Waals surface area contributed by atoms with Crippen LogP contribution in [-0.4, -0.2) is 44.1 Å². The first-order chi connectivity index (χ1) is 9.63. The minimum absolute atomic E-state index is 0.0453. The molecule has 5 nitrogen and oxygen atoms in total. The molecule has 0 saturated carbocycles. The Labute approximate surface area is 119 Å². The quantitative estimate of drug-likeness (QED) is 0.678. The van der Waals surface area contributed by atoms with Crippen LogP contribution in [0.2, 0.25) is 0 Å². The van der Waals surface area contributed by atoms with E-state index in [1.165, 1.54) is 7.11 Å². The van der Waals surface area contributed by atoms with Crippen molar-refractivity contribution in [1.29, 1.82) is 0 Å². The number of amides is 1. The number of hydrogen-bond acceptors (Lipinski definition) is 4. The van der Waals surface area contributed by atoms with E-state index in [-0.39, 0.29) is 18.5 Å². The average molecular weight is 279 g/mol. The summed E-state index contributed by atoms with van der Waals surface area (Å²) in [4.78, 5) is 24.3. The minimum Gasteiger partial charge on any atom is -0.469 e. The Balaban J connectivity index is 2.16. The normalized spacial score (nSPS) is 10.1. The predicted octanol–water partition coefficient (Wildman–Crippen LogP) is 1.61. The lowest BCUT2D eigenvalue weighted by Gasteiger charge is -2.16. The lowest BCUT2D eigenvalue weighted by atomic mass is 10.2. The van der Waals surface area contributed by atoms with Crippen molar-refractivity contribution in [3.63, 3.8) is 0 Å². The van der Waals surface area contributed by atoms with Crippen LogP contribution in [0.1, 0.15) is 18.4 Å². The van der Waals surface area contributed by atoms with E-state index < -0.39 is 0 Å². The number of carbonyl (C=O) groups is 2. The van der Waals surface area contributed by atoms with Gasteiger partial charge in [0.1, 0.15) is 6.61 Å². The predicted molar refractivity (Wildman–Crippen MR) is 75.0 cm³/mol. The summed E-state index contributed by atoms with van der Waals surface area (Å²) in [5, 5.41) is 0. The van der Waals surface area contributed by atoms with Crippen LogP contribution in [-0.2, 0) is 25.7 Å². The lowest BCUT2D eigenvalue weighted by molar-refractivity contribution is -0.141. The number of carbonyl (C=O) groups excluding carboxylic acids is 2. The molecule has 0 bridgehead atoms. The Bertz CT molecular complexity index is 419. The molecule has 0 aromatic heterocycles.